The fraction of sp³-hybridized carbons (Fsp3) is 0.529. The lowest BCUT2D eigenvalue weighted by Crippen LogP contribution is -2.33. The summed E-state index contributed by atoms with van der Waals surface area (Å²) in [7, 11) is 1.61. The molecule has 0 aromatic heterocycles. The molecule has 2 amide bonds. The van der Waals surface area contributed by atoms with Crippen molar-refractivity contribution in [3.8, 4) is 5.75 Å². The maximum absolute atomic E-state index is 11.7. The van der Waals surface area contributed by atoms with E-state index < -0.39 is 11.7 Å². The van der Waals surface area contributed by atoms with E-state index in [0.717, 1.165) is 11.3 Å². The van der Waals surface area contributed by atoms with E-state index in [1.807, 2.05) is 24.3 Å². The molecular weight excluding hydrogens is 296 g/mol. The van der Waals surface area contributed by atoms with Gasteiger partial charge in [0.25, 0.3) is 0 Å². The molecule has 0 saturated heterocycles. The third-order valence-electron chi connectivity index (χ3n) is 2.90. The molecule has 0 heterocycles. The van der Waals surface area contributed by atoms with Crippen LogP contribution in [0.15, 0.2) is 24.3 Å². The van der Waals surface area contributed by atoms with Crippen LogP contribution in [0.5, 0.6) is 5.75 Å². The molecule has 0 spiro atoms. The van der Waals surface area contributed by atoms with Crippen molar-refractivity contribution in [2.24, 2.45) is 0 Å². The van der Waals surface area contributed by atoms with E-state index in [-0.39, 0.29) is 5.91 Å². The fourth-order valence-corrected chi connectivity index (χ4v) is 1.79. The smallest absolute Gasteiger partial charge is 0.407 e. The molecule has 2 N–H and O–H groups in total. The molecule has 23 heavy (non-hydrogen) atoms. The number of nitrogens with one attached hydrogen (secondary N) is 2. The van der Waals surface area contributed by atoms with Gasteiger partial charge >= 0.3 is 6.09 Å². The summed E-state index contributed by atoms with van der Waals surface area (Å²) in [6.45, 7) is 6.30. The first-order valence-corrected chi connectivity index (χ1v) is 7.66. The lowest BCUT2D eigenvalue weighted by molar-refractivity contribution is -0.121. The Morgan fingerprint density at radius 3 is 2.30 bits per heavy atom. The van der Waals surface area contributed by atoms with Gasteiger partial charge in [0.15, 0.2) is 0 Å². The molecule has 1 aromatic rings. The second-order valence-corrected chi connectivity index (χ2v) is 6.16. The fourth-order valence-electron chi connectivity index (χ4n) is 1.79. The van der Waals surface area contributed by atoms with Crippen LogP contribution < -0.4 is 15.4 Å². The lowest BCUT2D eigenvalue weighted by atomic mass is 10.2. The van der Waals surface area contributed by atoms with Crippen LogP contribution in [0, 0.1) is 0 Å². The molecule has 1 rings (SSSR count). The molecule has 128 valence electrons. The van der Waals surface area contributed by atoms with E-state index in [0.29, 0.717) is 25.9 Å². The standard InChI is InChI=1S/C17H26N2O4/c1-17(2,3)23-16(21)18-11-5-6-15(20)19-12-13-7-9-14(22-4)10-8-13/h7-10H,5-6,11-12H2,1-4H3,(H,18,21)(H,19,20). The molecule has 0 aliphatic rings. The summed E-state index contributed by atoms with van der Waals surface area (Å²) in [6, 6.07) is 7.52. The monoisotopic (exact) mass is 322 g/mol. The number of amides is 2. The minimum Gasteiger partial charge on any atom is -0.497 e. The van der Waals surface area contributed by atoms with Gasteiger partial charge in [-0.25, -0.2) is 4.79 Å². The van der Waals surface area contributed by atoms with E-state index in [2.05, 4.69) is 10.6 Å². The number of alkyl carbamates (subject to hydrolysis) is 1. The molecule has 6 heteroatoms. The maximum Gasteiger partial charge on any atom is 0.407 e. The molecule has 0 bridgehead atoms. The van der Waals surface area contributed by atoms with Crippen LogP contribution in [-0.2, 0) is 16.1 Å². The molecule has 0 atom stereocenters. The highest BCUT2D eigenvalue weighted by atomic mass is 16.6. The summed E-state index contributed by atoms with van der Waals surface area (Å²) in [5.74, 6) is 0.736. The van der Waals surface area contributed by atoms with Crippen LogP contribution in [-0.4, -0.2) is 31.3 Å². The minimum atomic E-state index is -0.514. The molecule has 6 nitrogen and oxygen atoms in total. The van der Waals surface area contributed by atoms with Gasteiger partial charge < -0.3 is 20.1 Å². The molecular formula is C17H26N2O4. The summed E-state index contributed by atoms with van der Waals surface area (Å²) in [5, 5.41) is 5.47. The van der Waals surface area contributed by atoms with Crippen molar-refractivity contribution in [2.75, 3.05) is 13.7 Å². The van der Waals surface area contributed by atoms with E-state index in [1.165, 1.54) is 0 Å². The van der Waals surface area contributed by atoms with Crippen molar-refractivity contribution in [1.29, 1.82) is 0 Å². The summed E-state index contributed by atoms with van der Waals surface area (Å²) in [4.78, 5) is 23.2. The minimum absolute atomic E-state index is 0.0493. The number of carbonyl (C=O) groups excluding carboxylic acids is 2. The van der Waals surface area contributed by atoms with Gasteiger partial charge in [-0.1, -0.05) is 12.1 Å². The largest absolute Gasteiger partial charge is 0.497 e. The van der Waals surface area contributed by atoms with Gasteiger partial charge in [0.1, 0.15) is 11.4 Å². The van der Waals surface area contributed by atoms with Crippen molar-refractivity contribution in [3.63, 3.8) is 0 Å². The third-order valence-corrected chi connectivity index (χ3v) is 2.90. The zero-order chi connectivity index (χ0) is 17.3. The average Bonchev–Trinajstić information content (AvgIpc) is 2.48. The van der Waals surface area contributed by atoms with Crippen LogP contribution in [0.2, 0.25) is 0 Å². The Labute approximate surface area is 137 Å². The maximum atomic E-state index is 11.7. The summed E-state index contributed by atoms with van der Waals surface area (Å²) in [6.07, 6.45) is 0.454. The van der Waals surface area contributed by atoms with Crippen LogP contribution in [0.1, 0.15) is 39.2 Å². The predicted molar refractivity (Wildman–Crippen MR) is 88.3 cm³/mol. The first-order valence-electron chi connectivity index (χ1n) is 7.66. The zero-order valence-corrected chi connectivity index (χ0v) is 14.3. The molecule has 1 aromatic carbocycles. The Bertz CT molecular complexity index is 506. The summed E-state index contributed by atoms with van der Waals surface area (Å²) in [5.41, 5.74) is 0.492. The van der Waals surface area contributed by atoms with Gasteiger partial charge in [-0.2, -0.15) is 0 Å². The average molecular weight is 322 g/mol. The predicted octanol–water partition coefficient (Wildman–Crippen LogP) is 2.62. The van der Waals surface area contributed by atoms with E-state index in [4.69, 9.17) is 9.47 Å². The van der Waals surface area contributed by atoms with E-state index in [9.17, 15) is 9.59 Å². The first-order chi connectivity index (χ1) is 10.8. The molecule has 0 fully saturated rings. The molecule has 0 radical (unpaired) electrons. The molecule has 0 aliphatic carbocycles. The third kappa shape index (κ3) is 8.70. The summed E-state index contributed by atoms with van der Waals surface area (Å²) < 4.78 is 10.2. The number of ether oxygens (including phenoxy) is 2. The Morgan fingerprint density at radius 2 is 1.74 bits per heavy atom. The van der Waals surface area contributed by atoms with Gasteiger partial charge in [-0.05, 0) is 44.9 Å². The van der Waals surface area contributed by atoms with Gasteiger partial charge in [0, 0.05) is 19.5 Å². The Balaban J connectivity index is 2.15. The van der Waals surface area contributed by atoms with Gasteiger partial charge in [0.2, 0.25) is 5.91 Å². The van der Waals surface area contributed by atoms with Crippen LogP contribution in [0.3, 0.4) is 0 Å². The normalized spacial score (nSPS) is 10.8. The zero-order valence-electron chi connectivity index (χ0n) is 14.3. The van der Waals surface area contributed by atoms with Crippen molar-refractivity contribution >= 4 is 12.0 Å². The highest BCUT2D eigenvalue weighted by Crippen LogP contribution is 2.11. The van der Waals surface area contributed by atoms with Crippen molar-refractivity contribution in [1.82, 2.24) is 10.6 Å². The number of carbonyl (C=O) groups is 2. The number of benzene rings is 1. The number of hydrogen-bond donors (Lipinski definition) is 2. The Morgan fingerprint density at radius 1 is 1.09 bits per heavy atom. The van der Waals surface area contributed by atoms with Gasteiger partial charge in [-0.15, -0.1) is 0 Å². The van der Waals surface area contributed by atoms with E-state index in [1.54, 1.807) is 27.9 Å². The molecule has 0 unspecified atom stereocenters. The van der Waals surface area contributed by atoms with Crippen LogP contribution in [0.25, 0.3) is 0 Å². The van der Waals surface area contributed by atoms with Crippen LogP contribution >= 0.6 is 0 Å². The quantitative estimate of drug-likeness (QED) is 0.757. The highest BCUT2D eigenvalue weighted by molar-refractivity contribution is 5.76. The molecule has 0 aliphatic heterocycles. The van der Waals surface area contributed by atoms with Crippen molar-refractivity contribution < 1.29 is 19.1 Å². The topological polar surface area (TPSA) is 76.7 Å². The molecule has 0 saturated carbocycles. The first kappa shape index (κ1) is 18.8. The van der Waals surface area contributed by atoms with E-state index >= 15 is 0 Å². The second-order valence-electron chi connectivity index (χ2n) is 6.16. The lowest BCUT2D eigenvalue weighted by Gasteiger charge is -2.19. The summed E-state index contributed by atoms with van der Waals surface area (Å²) >= 11 is 0. The number of hydrogen-bond acceptors (Lipinski definition) is 4. The Kier molecular flexibility index (Phi) is 7.38. The van der Waals surface area contributed by atoms with Gasteiger partial charge in [-0.3, -0.25) is 4.79 Å². The van der Waals surface area contributed by atoms with Gasteiger partial charge in [0.05, 0.1) is 7.11 Å². The highest BCUT2D eigenvalue weighted by Gasteiger charge is 2.15. The second kappa shape index (κ2) is 9.02. The number of rotatable bonds is 7. The van der Waals surface area contributed by atoms with Crippen LogP contribution in [0.4, 0.5) is 4.79 Å². The van der Waals surface area contributed by atoms with Crippen molar-refractivity contribution in [2.45, 2.75) is 45.8 Å². The van der Waals surface area contributed by atoms with Crippen molar-refractivity contribution in [3.05, 3.63) is 29.8 Å². The Hall–Kier alpha value is -2.24. The number of methoxy groups -OCH3 is 1. The SMILES string of the molecule is COc1ccc(CNC(=O)CCCNC(=O)OC(C)(C)C)cc1.